The number of fused-ring (bicyclic) bond motifs is 1. The van der Waals surface area contributed by atoms with E-state index in [9.17, 15) is 0 Å². The average Bonchev–Trinajstić information content (AvgIpc) is 2.98. The van der Waals surface area contributed by atoms with E-state index in [-0.39, 0.29) is 13.2 Å². The molecule has 1 aromatic heterocycles. The molecule has 5 nitrogen and oxygen atoms in total. The zero-order valence-corrected chi connectivity index (χ0v) is 12.1. The minimum Gasteiger partial charge on any atom is -0.467 e. The Morgan fingerprint density at radius 3 is 2.86 bits per heavy atom. The topological polar surface area (TPSA) is 68.3 Å². The van der Waals surface area contributed by atoms with Crippen molar-refractivity contribution < 1.29 is 13.9 Å². The van der Waals surface area contributed by atoms with Gasteiger partial charge >= 0.3 is 0 Å². The number of nitriles is 1. The van der Waals surface area contributed by atoms with Crippen LogP contribution < -0.4 is 4.74 Å². The summed E-state index contributed by atoms with van der Waals surface area (Å²) in [4.78, 5) is 4.46. The summed E-state index contributed by atoms with van der Waals surface area (Å²) in [6, 6.07) is 15.2. The predicted molar refractivity (Wildman–Crippen MR) is 81.3 cm³/mol. The number of hydrogen-bond donors (Lipinski definition) is 0. The molecule has 0 bridgehead atoms. The first-order chi connectivity index (χ1) is 10.8. The number of nitrogens with zero attached hydrogens (tertiary/aromatic N) is 2. The van der Waals surface area contributed by atoms with Crippen molar-refractivity contribution in [3.63, 3.8) is 0 Å². The van der Waals surface area contributed by atoms with Crippen LogP contribution in [0.3, 0.4) is 0 Å². The molecule has 22 heavy (non-hydrogen) atoms. The Hall–Kier alpha value is -2.84. The molecule has 3 aromatic rings. The molecule has 0 atom stereocenters. The molecule has 0 saturated heterocycles. The molecule has 0 amide bonds. The van der Waals surface area contributed by atoms with Gasteiger partial charge in [-0.3, -0.25) is 0 Å². The Balaban J connectivity index is 2.01. The fraction of sp³-hybridized carbons (Fsp3) is 0.176. The summed E-state index contributed by atoms with van der Waals surface area (Å²) < 4.78 is 16.2. The standard InChI is InChI=1S/C17H14N2O3/c1-20-11-21-16-10-13(7-6-12(16)8-9-18)17-19-14-4-2-3-5-15(14)22-17/h2-7,10H,8,11H2,1H3. The SMILES string of the molecule is COCOc1cc(-c2nc3ccccc3o2)ccc1CC#N. The first kappa shape index (κ1) is 14.1. The van der Waals surface area contributed by atoms with Gasteiger partial charge in [0.2, 0.25) is 5.89 Å². The van der Waals surface area contributed by atoms with E-state index >= 15 is 0 Å². The third kappa shape index (κ3) is 2.78. The maximum atomic E-state index is 8.88. The van der Waals surface area contributed by atoms with Gasteiger partial charge in [-0.2, -0.15) is 5.26 Å². The summed E-state index contributed by atoms with van der Waals surface area (Å²) in [6.45, 7) is 0.120. The van der Waals surface area contributed by atoms with Crippen LogP contribution in [0.25, 0.3) is 22.6 Å². The number of benzene rings is 2. The maximum absolute atomic E-state index is 8.88. The number of oxazole rings is 1. The van der Waals surface area contributed by atoms with Gasteiger partial charge in [-0.05, 0) is 24.3 Å². The lowest BCUT2D eigenvalue weighted by Crippen LogP contribution is -2.01. The molecule has 0 radical (unpaired) electrons. The normalized spacial score (nSPS) is 10.5. The van der Waals surface area contributed by atoms with E-state index in [2.05, 4.69) is 11.1 Å². The Morgan fingerprint density at radius 2 is 2.09 bits per heavy atom. The van der Waals surface area contributed by atoms with Crippen LogP contribution in [0.5, 0.6) is 5.75 Å². The molecular formula is C17H14N2O3. The van der Waals surface area contributed by atoms with Crippen molar-refractivity contribution in [3.8, 4) is 23.3 Å². The number of para-hydroxylation sites is 2. The Bertz CT molecular complexity index is 800. The summed E-state index contributed by atoms with van der Waals surface area (Å²) in [6.07, 6.45) is 0.271. The van der Waals surface area contributed by atoms with Crippen LogP contribution in [0.15, 0.2) is 46.9 Å². The van der Waals surface area contributed by atoms with Crippen molar-refractivity contribution in [1.82, 2.24) is 4.98 Å². The van der Waals surface area contributed by atoms with Crippen LogP contribution in [0.2, 0.25) is 0 Å². The Labute approximate surface area is 127 Å². The zero-order chi connectivity index (χ0) is 15.4. The van der Waals surface area contributed by atoms with Gasteiger partial charge in [0.15, 0.2) is 12.4 Å². The van der Waals surface area contributed by atoms with Gasteiger partial charge in [0.25, 0.3) is 0 Å². The second-order valence-corrected chi connectivity index (χ2v) is 4.69. The van der Waals surface area contributed by atoms with Gasteiger partial charge in [0, 0.05) is 18.2 Å². The van der Waals surface area contributed by atoms with Crippen molar-refractivity contribution in [2.24, 2.45) is 0 Å². The lowest BCUT2D eigenvalue weighted by Gasteiger charge is -2.09. The second-order valence-electron chi connectivity index (χ2n) is 4.69. The van der Waals surface area contributed by atoms with E-state index in [1.54, 1.807) is 7.11 Å². The van der Waals surface area contributed by atoms with Crippen LogP contribution in [0, 0.1) is 11.3 Å². The van der Waals surface area contributed by atoms with Crippen LogP contribution in [0.4, 0.5) is 0 Å². The monoisotopic (exact) mass is 294 g/mol. The first-order valence-electron chi connectivity index (χ1n) is 6.79. The third-order valence-corrected chi connectivity index (χ3v) is 3.21. The molecule has 0 fully saturated rings. The van der Waals surface area contributed by atoms with Crippen molar-refractivity contribution in [2.45, 2.75) is 6.42 Å². The maximum Gasteiger partial charge on any atom is 0.227 e. The van der Waals surface area contributed by atoms with Crippen LogP contribution >= 0.6 is 0 Å². The second kappa shape index (κ2) is 6.29. The minimum atomic E-state index is 0.120. The van der Waals surface area contributed by atoms with Crippen molar-refractivity contribution >= 4 is 11.1 Å². The third-order valence-electron chi connectivity index (χ3n) is 3.21. The molecule has 5 heteroatoms. The number of rotatable bonds is 5. The molecular weight excluding hydrogens is 280 g/mol. The summed E-state index contributed by atoms with van der Waals surface area (Å²) in [5.41, 5.74) is 3.14. The van der Waals surface area contributed by atoms with Crippen LogP contribution in [0.1, 0.15) is 5.56 Å². The molecule has 2 aromatic carbocycles. The molecule has 0 aliphatic rings. The van der Waals surface area contributed by atoms with Gasteiger partial charge in [-0.25, -0.2) is 4.98 Å². The lowest BCUT2D eigenvalue weighted by atomic mass is 10.1. The van der Waals surface area contributed by atoms with Crippen LogP contribution in [-0.2, 0) is 11.2 Å². The van der Waals surface area contributed by atoms with Gasteiger partial charge in [-0.15, -0.1) is 0 Å². The average molecular weight is 294 g/mol. The zero-order valence-electron chi connectivity index (χ0n) is 12.1. The van der Waals surface area contributed by atoms with E-state index in [0.717, 1.165) is 22.2 Å². The quantitative estimate of drug-likeness (QED) is 0.673. The van der Waals surface area contributed by atoms with E-state index in [4.69, 9.17) is 19.2 Å². The van der Waals surface area contributed by atoms with Gasteiger partial charge in [-0.1, -0.05) is 18.2 Å². The molecule has 0 aliphatic carbocycles. The molecule has 1 heterocycles. The molecule has 0 unspecified atom stereocenters. The highest BCUT2D eigenvalue weighted by Gasteiger charge is 2.11. The molecule has 0 N–H and O–H groups in total. The van der Waals surface area contributed by atoms with E-state index in [1.165, 1.54) is 0 Å². The smallest absolute Gasteiger partial charge is 0.227 e. The van der Waals surface area contributed by atoms with Gasteiger partial charge < -0.3 is 13.9 Å². The van der Waals surface area contributed by atoms with Crippen molar-refractivity contribution in [1.29, 1.82) is 5.26 Å². The van der Waals surface area contributed by atoms with E-state index in [0.29, 0.717) is 11.6 Å². The number of methoxy groups -OCH3 is 1. The van der Waals surface area contributed by atoms with Crippen molar-refractivity contribution in [2.75, 3.05) is 13.9 Å². The first-order valence-corrected chi connectivity index (χ1v) is 6.79. The van der Waals surface area contributed by atoms with Crippen LogP contribution in [-0.4, -0.2) is 18.9 Å². The summed E-state index contributed by atoms with van der Waals surface area (Å²) in [5, 5.41) is 8.88. The van der Waals surface area contributed by atoms with Gasteiger partial charge in [0.05, 0.1) is 12.5 Å². The highest BCUT2D eigenvalue weighted by molar-refractivity contribution is 5.76. The molecule has 0 spiro atoms. The minimum absolute atomic E-state index is 0.120. The van der Waals surface area contributed by atoms with E-state index < -0.39 is 0 Å². The highest BCUT2D eigenvalue weighted by Crippen LogP contribution is 2.29. The molecule has 0 saturated carbocycles. The molecule has 3 rings (SSSR count). The van der Waals surface area contributed by atoms with E-state index in [1.807, 2.05) is 42.5 Å². The molecule has 110 valence electrons. The lowest BCUT2D eigenvalue weighted by molar-refractivity contribution is 0.0505. The molecule has 0 aliphatic heterocycles. The fourth-order valence-electron chi connectivity index (χ4n) is 2.17. The van der Waals surface area contributed by atoms with Crippen molar-refractivity contribution in [3.05, 3.63) is 48.0 Å². The summed E-state index contributed by atoms with van der Waals surface area (Å²) >= 11 is 0. The number of ether oxygens (including phenoxy) is 2. The number of aromatic nitrogens is 1. The largest absolute Gasteiger partial charge is 0.467 e. The summed E-state index contributed by atoms with van der Waals surface area (Å²) in [5.74, 6) is 1.12. The Kier molecular flexibility index (Phi) is 4.03. The predicted octanol–water partition coefficient (Wildman–Crippen LogP) is 3.54. The Morgan fingerprint density at radius 1 is 1.23 bits per heavy atom. The summed E-state index contributed by atoms with van der Waals surface area (Å²) in [7, 11) is 1.55. The number of hydrogen-bond acceptors (Lipinski definition) is 5. The fourth-order valence-corrected chi connectivity index (χ4v) is 2.17. The highest BCUT2D eigenvalue weighted by atomic mass is 16.7. The van der Waals surface area contributed by atoms with Gasteiger partial charge in [0.1, 0.15) is 11.3 Å².